The van der Waals surface area contributed by atoms with Crippen molar-refractivity contribution in [1.29, 1.82) is 0 Å². The fourth-order valence-corrected chi connectivity index (χ4v) is 5.02. The van der Waals surface area contributed by atoms with Gasteiger partial charge in [-0.05, 0) is 49.2 Å². The number of imidazole rings is 1. The molecule has 0 bridgehead atoms. The number of fused-ring (bicyclic) bond motifs is 2. The van der Waals surface area contributed by atoms with Gasteiger partial charge in [-0.3, -0.25) is 10.1 Å². The van der Waals surface area contributed by atoms with Crippen molar-refractivity contribution >= 4 is 22.5 Å². The van der Waals surface area contributed by atoms with Gasteiger partial charge in [0.05, 0.1) is 28.0 Å². The lowest BCUT2D eigenvalue weighted by Crippen LogP contribution is -2.16. The molecular formula is C29H26FN7O3. The molecule has 10 nitrogen and oxygen atoms in total. The first-order valence-corrected chi connectivity index (χ1v) is 13.1. The number of halogens is 1. The number of aromatic nitrogens is 5. The van der Waals surface area contributed by atoms with Crippen molar-refractivity contribution in [2.24, 2.45) is 0 Å². The number of nitro benzene ring substituents is 1. The molecule has 1 N–H and O–H groups in total. The first-order chi connectivity index (χ1) is 19.5. The number of hydrogen-bond acceptors (Lipinski definition) is 8. The average Bonchev–Trinajstić information content (AvgIpc) is 3.54. The highest BCUT2D eigenvalue weighted by molar-refractivity contribution is 5.87. The summed E-state index contributed by atoms with van der Waals surface area (Å²) in [6.07, 6.45) is 4.16. The van der Waals surface area contributed by atoms with E-state index in [4.69, 9.17) is 14.7 Å². The molecule has 11 heteroatoms. The summed E-state index contributed by atoms with van der Waals surface area (Å²) in [6, 6.07) is 16.4. The maximum Gasteiger partial charge on any atom is 0.295 e. The predicted octanol–water partition coefficient (Wildman–Crippen LogP) is 5.99. The van der Waals surface area contributed by atoms with Crippen LogP contribution in [0.2, 0.25) is 0 Å². The zero-order valence-corrected chi connectivity index (χ0v) is 21.7. The van der Waals surface area contributed by atoms with Crippen LogP contribution in [0.5, 0.6) is 5.88 Å². The number of nitrogens with zero attached hydrogens (tertiary/aromatic N) is 6. The number of ether oxygens (including phenoxy) is 1. The number of benzene rings is 2. The van der Waals surface area contributed by atoms with Crippen LogP contribution in [0, 0.1) is 15.9 Å². The first-order valence-electron chi connectivity index (χ1n) is 13.1. The van der Waals surface area contributed by atoms with Gasteiger partial charge in [0.25, 0.3) is 5.69 Å². The molecule has 0 saturated carbocycles. The minimum absolute atomic E-state index is 0.0665. The van der Waals surface area contributed by atoms with Crippen molar-refractivity contribution in [3.05, 3.63) is 88.6 Å². The Kier molecular flexibility index (Phi) is 6.77. The predicted molar refractivity (Wildman–Crippen MR) is 149 cm³/mol. The number of nitrogens with one attached hydrogen (secondary N) is 1. The van der Waals surface area contributed by atoms with Crippen molar-refractivity contribution in [3.8, 4) is 28.5 Å². The molecule has 2 aromatic carbocycles. The molecule has 6 rings (SSSR count). The lowest BCUT2D eigenvalue weighted by Gasteiger charge is -2.18. The maximum absolute atomic E-state index is 13.7. The van der Waals surface area contributed by atoms with Crippen LogP contribution in [0.25, 0.3) is 33.5 Å². The molecule has 0 saturated heterocycles. The number of aryl methyl sites for hydroxylation is 1. The topological polar surface area (TPSA) is 121 Å². The molecule has 0 radical (unpaired) electrons. The third-order valence-corrected chi connectivity index (χ3v) is 6.89. The molecule has 1 aliphatic rings. The van der Waals surface area contributed by atoms with Crippen molar-refractivity contribution in [3.63, 3.8) is 0 Å². The van der Waals surface area contributed by atoms with E-state index in [0.717, 1.165) is 42.9 Å². The average molecular weight is 540 g/mol. The Hall–Kier alpha value is -4.93. The van der Waals surface area contributed by atoms with Gasteiger partial charge in [-0.15, -0.1) is 0 Å². The molecule has 3 aromatic heterocycles. The van der Waals surface area contributed by atoms with Gasteiger partial charge in [0, 0.05) is 42.2 Å². The standard InChI is InChI=1S/C29H26FN7O3/c1-2-15-31-29-32-16-14-22(33-29)28-27(19-6-9-20(30)10-7-19)34-24-12-11-21(36(24)28)17-40-25-13-8-18-4-3-5-23(37(38)39)26(18)35-25/h3-10,13-14,16,21H,2,11-12,15,17H2,1H3,(H,31,32,33). The normalized spacial score (nSPS) is 14.3. The van der Waals surface area contributed by atoms with E-state index in [1.165, 1.54) is 18.2 Å². The van der Waals surface area contributed by atoms with Gasteiger partial charge in [-0.25, -0.2) is 24.3 Å². The summed E-state index contributed by atoms with van der Waals surface area (Å²) in [6.45, 7) is 3.09. The highest BCUT2D eigenvalue weighted by Crippen LogP contribution is 2.39. The minimum atomic E-state index is -0.442. The van der Waals surface area contributed by atoms with E-state index in [9.17, 15) is 14.5 Å². The van der Waals surface area contributed by atoms with Gasteiger partial charge in [-0.1, -0.05) is 19.1 Å². The molecule has 1 atom stereocenters. The molecular weight excluding hydrogens is 513 g/mol. The molecule has 0 aliphatic carbocycles. The SMILES string of the molecule is CCCNc1nccc(-c2c(-c3ccc(F)cc3)nc3n2C(COc2ccc4cccc([N+](=O)[O-])c4n2)CC3)n1. The number of rotatable bonds is 9. The van der Waals surface area contributed by atoms with Crippen LogP contribution in [-0.2, 0) is 6.42 Å². The van der Waals surface area contributed by atoms with Crippen molar-refractivity contribution in [2.45, 2.75) is 32.2 Å². The molecule has 40 heavy (non-hydrogen) atoms. The Balaban J connectivity index is 1.36. The number of nitro groups is 1. The van der Waals surface area contributed by atoms with Crippen molar-refractivity contribution in [2.75, 3.05) is 18.5 Å². The van der Waals surface area contributed by atoms with E-state index in [1.54, 1.807) is 42.6 Å². The smallest absolute Gasteiger partial charge is 0.295 e. The van der Waals surface area contributed by atoms with Gasteiger partial charge in [0.1, 0.15) is 18.2 Å². The van der Waals surface area contributed by atoms with Gasteiger partial charge in [0.2, 0.25) is 11.8 Å². The Morgan fingerprint density at radius 2 is 1.95 bits per heavy atom. The summed E-state index contributed by atoms with van der Waals surface area (Å²) in [7, 11) is 0. The summed E-state index contributed by atoms with van der Waals surface area (Å²) in [5, 5.41) is 15.4. The Labute approximate surface area is 229 Å². The van der Waals surface area contributed by atoms with E-state index in [-0.39, 0.29) is 29.7 Å². The second kappa shape index (κ2) is 10.7. The fourth-order valence-electron chi connectivity index (χ4n) is 5.02. The molecule has 5 aromatic rings. The number of anilines is 1. The largest absolute Gasteiger partial charge is 0.475 e. The van der Waals surface area contributed by atoms with Gasteiger partial charge in [0.15, 0.2) is 5.52 Å². The van der Waals surface area contributed by atoms with Crippen LogP contribution in [0.3, 0.4) is 0 Å². The molecule has 0 fully saturated rings. The summed E-state index contributed by atoms with van der Waals surface area (Å²) in [5.41, 5.74) is 3.20. The van der Waals surface area contributed by atoms with E-state index in [0.29, 0.717) is 28.6 Å². The molecule has 1 unspecified atom stereocenters. The Morgan fingerprint density at radius 1 is 1.10 bits per heavy atom. The summed E-state index contributed by atoms with van der Waals surface area (Å²) in [4.78, 5) is 29.6. The van der Waals surface area contributed by atoms with Crippen LogP contribution < -0.4 is 10.1 Å². The Morgan fingerprint density at radius 3 is 2.75 bits per heavy atom. The first kappa shape index (κ1) is 25.4. The quantitative estimate of drug-likeness (QED) is 0.179. The summed E-state index contributed by atoms with van der Waals surface area (Å²) >= 11 is 0. The van der Waals surface area contributed by atoms with E-state index in [2.05, 4.69) is 26.8 Å². The highest BCUT2D eigenvalue weighted by atomic mass is 19.1. The van der Waals surface area contributed by atoms with E-state index >= 15 is 0 Å². The van der Waals surface area contributed by atoms with E-state index < -0.39 is 4.92 Å². The second-order valence-electron chi connectivity index (χ2n) is 9.55. The lowest BCUT2D eigenvalue weighted by atomic mass is 10.1. The van der Waals surface area contributed by atoms with Crippen LogP contribution in [0.4, 0.5) is 16.0 Å². The van der Waals surface area contributed by atoms with Gasteiger partial charge >= 0.3 is 0 Å². The summed E-state index contributed by atoms with van der Waals surface area (Å²) in [5.74, 6) is 1.39. The minimum Gasteiger partial charge on any atom is -0.475 e. The third kappa shape index (κ3) is 4.81. The second-order valence-corrected chi connectivity index (χ2v) is 9.55. The van der Waals surface area contributed by atoms with Crippen molar-refractivity contribution in [1.82, 2.24) is 24.5 Å². The number of hydrogen-bond donors (Lipinski definition) is 1. The zero-order chi connectivity index (χ0) is 27.6. The van der Waals surface area contributed by atoms with Crippen LogP contribution in [-0.4, -0.2) is 42.6 Å². The van der Waals surface area contributed by atoms with Crippen LogP contribution in [0.1, 0.15) is 31.6 Å². The highest BCUT2D eigenvalue weighted by Gasteiger charge is 2.31. The van der Waals surface area contributed by atoms with Gasteiger partial charge in [-0.2, -0.15) is 0 Å². The molecule has 1 aliphatic heterocycles. The Bertz CT molecular complexity index is 1700. The maximum atomic E-state index is 13.7. The van der Waals surface area contributed by atoms with Crippen LogP contribution >= 0.6 is 0 Å². The van der Waals surface area contributed by atoms with Crippen LogP contribution in [0.15, 0.2) is 66.9 Å². The molecule has 202 valence electrons. The lowest BCUT2D eigenvalue weighted by molar-refractivity contribution is -0.383. The number of non-ortho nitro benzene ring substituents is 1. The number of pyridine rings is 1. The molecule has 0 amide bonds. The summed E-state index contributed by atoms with van der Waals surface area (Å²) < 4.78 is 22.0. The zero-order valence-electron chi connectivity index (χ0n) is 21.7. The monoisotopic (exact) mass is 539 g/mol. The molecule has 4 heterocycles. The molecule has 0 spiro atoms. The van der Waals surface area contributed by atoms with Gasteiger partial charge < -0.3 is 14.6 Å². The van der Waals surface area contributed by atoms with E-state index in [1.807, 2.05) is 6.07 Å². The fraction of sp³-hybridized carbons (Fsp3) is 0.241. The van der Waals surface area contributed by atoms with Crippen molar-refractivity contribution < 1.29 is 14.1 Å². The number of para-hydroxylation sites is 1. The third-order valence-electron chi connectivity index (χ3n) is 6.89.